The van der Waals surface area contributed by atoms with Crippen LogP contribution in [0.3, 0.4) is 0 Å². The lowest BCUT2D eigenvalue weighted by Gasteiger charge is -2.15. The van der Waals surface area contributed by atoms with E-state index in [1.807, 2.05) is 29.2 Å². The van der Waals surface area contributed by atoms with Crippen molar-refractivity contribution in [3.8, 4) is 5.69 Å². The first kappa shape index (κ1) is 19.4. The number of benzene rings is 1. The minimum atomic E-state index is 0.572. The molecule has 1 saturated heterocycles. The van der Waals surface area contributed by atoms with Gasteiger partial charge in [0.25, 0.3) is 0 Å². The van der Waals surface area contributed by atoms with Crippen LogP contribution in [-0.4, -0.2) is 55.5 Å². The normalized spacial score (nSPS) is 17.2. The summed E-state index contributed by atoms with van der Waals surface area (Å²) < 4.78 is 13.1. The minimum Gasteiger partial charge on any atom is -0.381 e. The Labute approximate surface area is 160 Å². The molecule has 1 aromatic heterocycles. The van der Waals surface area contributed by atoms with E-state index in [1.165, 1.54) is 5.56 Å². The highest BCUT2D eigenvalue weighted by Gasteiger charge is 2.15. The predicted molar refractivity (Wildman–Crippen MR) is 106 cm³/mol. The number of nitrogens with one attached hydrogen (secondary N) is 2. The second-order valence-electron chi connectivity index (χ2n) is 6.61. The zero-order valence-electron chi connectivity index (χ0n) is 15.9. The quantitative estimate of drug-likeness (QED) is 0.401. The number of aliphatic imine (C=N–C) groups is 1. The van der Waals surface area contributed by atoms with Crippen molar-refractivity contribution in [2.45, 2.75) is 19.4 Å². The molecule has 1 unspecified atom stereocenters. The van der Waals surface area contributed by atoms with Crippen molar-refractivity contribution in [3.05, 3.63) is 48.5 Å². The van der Waals surface area contributed by atoms with Crippen LogP contribution in [0, 0.1) is 5.92 Å². The number of hydrogen-bond acceptors (Lipinski definition) is 4. The Kier molecular flexibility index (Phi) is 7.68. The van der Waals surface area contributed by atoms with E-state index < -0.39 is 0 Å². The smallest absolute Gasteiger partial charge is 0.191 e. The van der Waals surface area contributed by atoms with Crippen LogP contribution in [0.2, 0.25) is 0 Å². The summed E-state index contributed by atoms with van der Waals surface area (Å²) in [6.45, 7) is 4.79. The molecular weight excluding hydrogens is 342 g/mol. The fraction of sp³-hybridized carbons (Fsp3) is 0.500. The molecule has 0 radical (unpaired) electrons. The van der Waals surface area contributed by atoms with Crippen molar-refractivity contribution in [2.75, 3.05) is 40.0 Å². The average molecular weight is 371 g/mol. The molecule has 0 spiro atoms. The highest BCUT2D eigenvalue weighted by molar-refractivity contribution is 5.79. The SMILES string of the molecule is CN=C(NCCCOCC1CCOC1)NCc1ccccc1-n1ccnc1. The number of imidazole rings is 1. The highest BCUT2D eigenvalue weighted by Crippen LogP contribution is 2.14. The summed E-state index contributed by atoms with van der Waals surface area (Å²) in [5.74, 6) is 1.36. The molecule has 1 fully saturated rings. The molecule has 1 aromatic carbocycles. The highest BCUT2D eigenvalue weighted by atomic mass is 16.5. The van der Waals surface area contributed by atoms with Crippen molar-refractivity contribution in [1.29, 1.82) is 0 Å². The summed E-state index contributed by atoms with van der Waals surface area (Å²) >= 11 is 0. The Hall–Kier alpha value is -2.38. The van der Waals surface area contributed by atoms with Gasteiger partial charge in [0.15, 0.2) is 5.96 Å². The third kappa shape index (κ3) is 6.08. The van der Waals surface area contributed by atoms with Gasteiger partial charge in [-0.15, -0.1) is 0 Å². The minimum absolute atomic E-state index is 0.572. The second-order valence-corrected chi connectivity index (χ2v) is 6.61. The lowest BCUT2D eigenvalue weighted by Crippen LogP contribution is -2.37. The molecule has 0 bridgehead atoms. The van der Waals surface area contributed by atoms with Gasteiger partial charge < -0.3 is 24.7 Å². The first-order chi connectivity index (χ1) is 13.4. The van der Waals surface area contributed by atoms with Gasteiger partial charge in [-0.2, -0.15) is 0 Å². The maximum Gasteiger partial charge on any atom is 0.191 e. The molecule has 1 aliphatic heterocycles. The zero-order chi connectivity index (χ0) is 18.7. The van der Waals surface area contributed by atoms with E-state index in [-0.39, 0.29) is 0 Å². The predicted octanol–water partition coefficient (Wildman–Crippen LogP) is 1.98. The first-order valence-electron chi connectivity index (χ1n) is 9.53. The van der Waals surface area contributed by atoms with E-state index in [0.717, 1.165) is 57.5 Å². The Balaban J connectivity index is 1.37. The molecule has 2 N–H and O–H groups in total. The van der Waals surface area contributed by atoms with Gasteiger partial charge >= 0.3 is 0 Å². The number of aromatic nitrogens is 2. The number of hydrogen-bond donors (Lipinski definition) is 2. The third-order valence-electron chi connectivity index (χ3n) is 4.58. The number of para-hydroxylation sites is 1. The lowest BCUT2D eigenvalue weighted by molar-refractivity contribution is 0.0888. The average Bonchev–Trinajstić information content (AvgIpc) is 3.41. The lowest BCUT2D eigenvalue weighted by atomic mass is 10.1. The van der Waals surface area contributed by atoms with Crippen LogP contribution < -0.4 is 10.6 Å². The van der Waals surface area contributed by atoms with Crippen LogP contribution in [0.15, 0.2) is 48.0 Å². The van der Waals surface area contributed by atoms with Crippen LogP contribution in [-0.2, 0) is 16.0 Å². The van der Waals surface area contributed by atoms with Crippen molar-refractivity contribution in [1.82, 2.24) is 20.2 Å². The third-order valence-corrected chi connectivity index (χ3v) is 4.58. The molecule has 0 aliphatic carbocycles. The Morgan fingerprint density at radius 1 is 1.37 bits per heavy atom. The molecule has 1 atom stereocenters. The van der Waals surface area contributed by atoms with Crippen LogP contribution in [0.5, 0.6) is 0 Å². The monoisotopic (exact) mass is 371 g/mol. The second kappa shape index (κ2) is 10.7. The topological polar surface area (TPSA) is 72.7 Å². The summed E-state index contributed by atoms with van der Waals surface area (Å²) in [5, 5.41) is 6.71. The molecule has 0 amide bonds. The van der Waals surface area contributed by atoms with E-state index in [9.17, 15) is 0 Å². The van der Waals surface area contributed by atoms with Gasteiger partial charge in [-0.05, 0) is 24.5 Å². The molecule has 2 aromatic rings. The van der Waals surface area contributed by atoms with Gasteiger partial charge in [-0.3, -0.25) is 4.99 Å². The van der Waals surface area contributed by atoms with Crippen LogP contribution in [0.4, 0.5) is 0 Å². The Morgan fingerprint density at radius 3 is 3.07 bits per heavy atom. The first-order valence-corrected chi connectivity index (χ1v) is 9.53. The maximum atomic E-state index is 5.73. The van der Waals surface area contributed by atoms with E-state index in [4.69, 9.17) is 9.47 Å². The molecule has 27 heavy (non-hydrogen) atoms. The van der Waals surface area contributed by atoms with E-state index >= 15 is 0 Å². The summed E-state index contributed by atoms with van der Waals surface area (Å²) in [6.07, 6.45) is 7.61. The number of rotatable bonds is 9. The van der Waals surface area contributed by atoms with Crippen molar-refractivity contribution in [3.63, 3.8) is 0 Å². The van der Waals surface area contributed by atoms with Crippen molar-refractivity contribution >= 4 is 5.96 Å². The number of nitrogens with zero attached hydrogens (tertiary/aromatic N) is 3. The van der Waals surface area contributed by atoms with Gasteiger partial charge in [0.1, 0.15) is 0 Å². The summed E-state index contributed by atoms with van der Waals surface area (Å²) in [5.41, 5.74) is 2.29. The zero-order valence-corrected chi connectivity index (χ0v) is 15.9. The summed E-state index contributed by atoms with van der Waals surface area (Å²) in [4.78, 5) is 8.42. The van der Waals surface area contributed by atoms with Crippen LogP contribution in [0.25, 0.3) is 5.69 Å². The van der Waals surface area contributed by atoms with E-state index in [2.05, 4.69) is 32.7 Å². The van der Waals surface area contributed by atoms with Gasteiger partial charge in [-0.25, -0.2) is 4.98 Å². The van der Waals surface area contributed by atoms with Crippen LogP contribution in [0.1, 0.15) is 18.4 Å². The summed E-state index contributed by atoms with van der Waals surface area (Å²) in [7, 11) is 1.79. The fourth-order valence-corrected chi connectivity index (χ4v) is 3.06. The molecule has 0 saturated carbocycles. The Morgan fingerprint density at radius 2 is 2.30 bits per heavy atom. The molecule has 7 nitrogen and oxygen atoms in total. The van der Waals surface area contributed by atoms with Gasteiger partial charge in [0.2, 0.25) is 0 Å². The molecule has 7 heteroatoms. The molecular formula is C20H29N5O2. The number of guanidine groups is 1. The Bertz CT molecular complexity index is 696. The number of ether oxygens (including phenoxy) is 2. The molecule has 146 valence electrons. The molecule has 3 rings (SSSR count). The van der Waals surface area contributed by atoms with Crippen molar-refractivity contribution in [2.24, 2.45) is 10.9 Å². The van der Waals surface area contributed by atoms with Crippen LogP contribution >= 0.6 is 0 Å². The van der Waals surface area contributed by atoms with Gasteiger partial charge in [-0.1, -0.05) is 18.2 Å². The van der Waals surface area contributed by atoms with Gasteiger partial charge in [0, 0.05) is 51.7 Å². The van der Waals surface area contributed by atoms with Gasteiger partial charge in [0.05, 0.1) is 25.2 Å². The van der Waals surface area contributed by atoms with Crippen molar-refractivity contribution < 1.29 is 9.47 Å². The molecule has 1 aliphatic rings. The summed E-state index contributed by atoms with van der Waals surface area (Å²) in [6, 6.07) is 8.27. The fourth-order valence-electron chi connectivity index (χ4n) is 3.06. The van der Waals surface area contributed by atoms with E-state index in [0.29, 0.717) is 12.5 Å². The molecule has 2 heterocycles. The largest absolute Gasteiger partial charge is 0.381 e. The standard InChI is InChI=1S/C20H29N5O2/c1-21-20(23-8-4-11-26-14-17-7-12-27-15-17)24-13-18-5-2-3-6-19(18)25-10-9-22-16-25/h2-3,5-6,9-10,16-17H,4,7-8,11-15H2,1H3,(H2,21,23,24). The maximum absolute atomic E-state index is 5.73. The van der Waals surface area contributed by atoms with E-state index in [1.54, 1.807) is 13.2 Å².